The van der Waals surface area contributed by atoms with Crippen LogP contribution in [-0.4, -0.2) is 9.97 Å². The van der Waals surface area contributed by atoms with Gasteiger partial charge >= 0.3 is 0 Å². The van der Waals surface area contributed by atoms with E-state index in [0.717, 1.165) is 16.9 Å². The van der Waals surface area contributed by atoms with Crippen molar-refractivity contribution in [1.29, 1.82) is 5.26 Å². The van der Waals surface area contributed by atoms with Gasteiger partial charge in [-0.1, -0.05) is 17.7 Å². The van der Waals surface area contributed by atoms with Crippen molar-refractivity contribution in [3.63, 3.8) is 0 Å². The fraction of sp³-hybridized carbons (Fsp3) is 0.0556. The van der Waals surface area contributed by atoms with Crippen LogP contribution in [0.5, 0.6) is 0 Å². The number of anilines is 4. The van der Waals surface area contributed by atoms with Crippen LogP contribution >= 0.6 is 11.6 Å². The number of benzene rings is 2. The summed E-state index contributed by atoms with van der Waals surface area (Å²) in [4.78, 5) is 8.40. The van der Waals surface area contributed by atoms with Gasteiger partial charge < -0.3 is 10.6 Å². The summed E-state index contributed by atoms with van der Waals surface area (Å²) in [6, 6.07) is 16.8. The minimum Gasteiger partial charge on any atom is -0.340 e. The second-order valence-electron chi connectivity index (χ2n) is 5.19. The van der Waals surface area contributed by atoms with Gasteiger partial charge in [0.2, 0.25) is 0 Å². The predicted octanol–water partition coefficient (Wildman–Crippen LogP) is 4.80. The van der Waals surface area contributed by atoms with E-state index < -0.39 is 0 Å². The molecular formula is C18H14ClN5. The molecule has 1 heterocycles. The number of halogens is 1. The highest BCUT2D eigenvalue weighted by Gasteiger charge is 2.03. The van der Waals surface area contributed by atoms with Crippen LogP contribution in [0.3, 0.4) is 0 Å². The lowest BCUT2D eigenvalue weighted by molar-refractivity contribution is 1.17. The maximum atomic E-state index is 8.82. The number of rotatable bonds is 4. The van der Waals surface area contributed by atoms with Crippen LogP contribution in [0.15, 0.2) is 54.9 Å². The van der Waals surface area contributed by atoms with Gasteiger partial charge in [0, 0.05) is 22.5 Å². The van der Waals surface area contributed by atoms with Crippen molar-refractivity contribution in [2.75, 3.05) is 10.6 Å². The molecule has 2 aromatic carbocycles. The van der Waals surface area contributed by atoms with Gasteiger partial charge in [-0.15, -0.1) is 0 Å². The number of aromatic nitrogens is 2. The molecule has 0 aliphatic rings. The fourth-order valence-corrected chi connectivity index (χ4v) is 2.27. The Morgan fingerprint density at radius 1 is 0.917 bits per heavy atom. The summed E-state index contributed by atoms with van der Waals surface area (Å²) in [6.07, 6.45) is 1.48. The second kappa shape index (κ2) is 6.99. The molecule has 0 atom stereocenters. The van der Waals surface area contributed by atoms with Gasteiger partial charge in [-0.25, -0.2) is 9.97 Å². The Balaban J connectivity index is 1.75. The summed E-state index contributed by atoms with van der Waals surface area (Å²) < 4.78 is 0. The van der Waals surface area contributed by atoms with Crippen LogP contribution in [0.1, 0.15) is 11.1 Å². The summed E-state index contributed by atoms with van der Waals surface area (Å²) in [5.74, 6) is 1.30. The SMILES string of the molecule is Cc1ccc(Nc2cc(Nc3ccc(C#N)cc3)ncn2)cc1Cl. The standard InChI is InChI=1S/C18H14ClN5/c1-12-2-5-15(8-16(12)19)24-18-9-17(21-11-22-18)23-14-6-3-13(10-20)4-7-14/h2-9,11H,1H3,(H2,21,22,23,24). The molecule has 24 heavy (non-hydrogen) atoms. The van der Waals surface area contributed by atoms with E-state index in [0.29, 0.717) is 22.2 Å². The summed E-state index contributed by atoms with van der Waals surface area (Å²) in [5, 5.41) is 15.9. The quantitative estimate of drug-likeness (QED) is 0.716. The van der Waals surface area contributed by atoms with Crippen molar-refractivity contribution in [2.24, 2.45) is 0 Å². The Morgan fingerprint density at radius 2 is 1.54 bits per heavy atom. The molecule has 0 unspecified atom stereocenters. The van der Waals surface area contributed by atoms with Crippen LogP contribution in [-0.2, 0) is 0 Å². The summed E-state index contributed by atoms with van der Waals surface area (Å²) >= 11 is 6.14. The normalized spacial score (nSPS) is 10.0. The lowest BCUT2D eigenvalue weighted by Crippen LogP contribution is -1.98. The first-order valence-electron chi connectivity index (χ1n) is 7.26. The fourth-order valence-electron chi connectivity index (χ4n) is 2.09. The number of nitrogens with zero attached hydrogens (tertiary/aromatic N) is 3. The molecule has 6 heteroatoms. The highest BCUT2D eigenvalue weighted by Crippen LogP contribution is 2.23. The molecule has 5 nitrogen and oxygen atoms in total. The zero-order valence-electron chi connectivity index (χ0n) is 12.9. The van der Waals surface area contributed by atoms with E-state index in [1.807, 2.05) is 37.3 Å². The smallest absolute Gasteiger partial charge is 0.135 e. The van der Waals surface area contributed by atoms with Crippen molar-refractivity contribution in [3.05, 3.63) is 71.0 Å². The Hall–Kier alpha value is -3.10. The van der Waals surface area contributed by atoms with Gasteiger partial charge in [0.15, 0.2) is 0 Å². The molecular weight excluding hydrogens is 322 g/mol. The van der Waals surface area contributed by atoms with Gasteiger partial charge in [-0.3, -0.25) is 0 Å². The first-order chi connectivity index (χ1) is 11.6. The third kappa shape index (κ3) is 3.80. The third-order valence-corrected chi connectivity index (χ3v) is 3.80. The molecule has 0 aliphatic carbocycles. The molecule has 0 saturated heterocycles. The lowest BCUT2D eigenvalue weighted by Gasteiger charge is -2.09. The Morgan fingerprint density at radius 3 is 2.17 bits per heavy atom. The van der Waals surface area contributed by atoms with E-state index in [2.05, 4.69) is 26.7 Å². The first-order valence-corrected chi connectivity index (χ1v) is 7.64. The van der Waals surface area contributed by atoms with Crippen molar-refractivity contribution in [2.45, 2.75) is 6.92 Å². The van der Waals surface area contributed by atoms with E-state index in [-0.39, 0.29) is 0 Å². The van der Waals surface area contributed by atoms with Gasteiger partial charge in [0.1, 0.15) is 18.0 Å². The molecule has 118 valence electrons. The molecule has 0 bridgehead atoms. The number of aryl methyl sites for hydroxylation is 1. The maximum absolute atomic E-state index is 8.82. The van der Waals surface area contributed by atoms with Gasteiger partial charge in [0.05, 0.1) is 11.6 Å². The summed E-state index contributed by atoms with van der Waals surface area (Å²) in [7, 11) is 0. The molecule has 0 spiro atoms. The monoisotopic (exact) mass is 335 g/mol. The first kappa shape index (κ1) is 15.8. The minimum atomic E-state index is 0.613. The largest absolute Gasteiger partial charge is 0.340 e. The third-order valence-electron chi connectivity index (χ3n) is 3.40. The van der Waals surface area contributed by atoms with Crippen molar-refractivity contribution >= 4 is 34.6 Å². The predicted molar refractivity (Wildman–Crippen MR) is 95.9 cm³/mol. The van der Waals surface area contributed by atoms with Gasteiger partial charge in [0.25, 0.3) is 0 Å². The lowest BCUT2D eigenvalue weighted by atomic mass is 10.2. The molecule has 2 N–H and O–H groups in total. The Bertz CT molecular complexity index is 900. The minimum absolute atomic E-state index is 0.613. The zero-order chi connectivity index (χ0) is 16.9. The molecule has 1 aromatic heterocycles. The molecule has 0 saturated carbocycles. The molecule has 3 rings (SSSR count). The van der Waals surface area contributed by atoms with E-state index in [9.17, 15) is 0 Å². The Kier molecular flexibility index (Phi) is 4.59. The van der Waals surface area contributed by atoms with E-state index >= 15 is 0 Å². The Labute approximate surface area is 145 Å². The van der Waals surface area contributed by atoms with Gasteiger partial charge in [-0.2, -0.15) is 5.26 Å². The van der Waals surface area contributed by atoms with Crippen LogP contribution in [0.4, 0.5) is 23.0 Å². The molecule has 0 radical (unpaired) electrons. The topological polar surface area (TPSA) is 73.6 Å². The molecule has 0 fully saturated rings. The van der Waals surface area contributed by atoms with E-state index in [1.165, 1.54) is 6.33 Å². The van der Waals surface area contributed by atoms with Crippen LogP contribution in [0.25, 0.3) is 0 Å². The zero-order valence-corrected chi connectivity index (χ0v) is 13.7. The van der Waals surface area contributed by atoms with E-state index in [1.54, 1.807) is 18.2 Å². The number of nitriles is 1. The van der Waals surface area contributed by atoms with Crippen molar-refractivity contribution in [1.82, 2.24) is 9.97 Å². The average Bonchev–Trinajstić information content (AvgIpc) is 2.59. The molecule has 0 aliphatic heterocycles. The summed E-state index contributed by atoms with van der Waals surface area (Å²) in [6.45, 7) is 1.95. The number of hydrogen-bond acceptors (Lipinski definition) is 5. The highest BCUT2D eigenvalue weighted by molar-refractivity contribution is 6.31. The molecule has 3 aromatic rings. The number of hydrogen-bond donors (Lipinski definition) is 2. The van der Waals surface area contributed by atoms with Crippen LogP contribution in [0, 0.1) is 18.3 Å². The molecule has 0 amide bonds. The summed E-state index contributed by atoms with van der Waals surface area (Å²) in [5.41, 5.74) is 3.33. The maximum Gasteiger partial charge on any atom is 0.135 e. The van der Waals surface area contributed by atoms with Crippen LogP contribution in [0.2, 0.25) is 5.02 Å². The van der Waals surface area contributed by atoms with Gasteiger partial charge in [-0.05, 0) is 48.9 Å². The second-order valence-corrected chi connectivity index (χ2v) is 5.60. The van der Waals surface area contributed by atoms with Crippen molar-refractivity contribution in [3.8, 4) is 6.07 Å². The highest BCUT2D eigenvalue weighted by atomic mass is 35.5. The van der Waals surface area contributed by atoms with E-state index in [4.69, 9.17) is 16.9 Å². The average molecular weight is 336 g/mol. The van der Waals surface area contributed by atoms with Crippen LogP contribution < -0.4 is 10.6 Å². The number of nitrogens with one attached hydrogen (secondary N) is 2. The van der Waals surface area contributed by atoms with Crippen molar-refractivity contribution < 1.29 is 0 Å².